The van der Waals surface area contributed by atoms with Gasteiger partial charge < -0.3 is 19.6 Å². The highest BCUT2D eigenvalue weighted by Crippen LogP contribution is 2.50. The second-order valence-corrected chi connectivity index (χ2v) is 6.95. The summed E-state index contributed by atoms with van der Waals surface area (Å²) in [5.74, 6) is -0.131. The van der Waals surface area contributed by atoms with Crippen molar-refractivity contribution in [2.45, 2.75) is 63.6 Å². The number of ether oxygens (including phenoxy) is 1. The number of nitrogens with one attached hydrogen (secondary N) is 1. The molecule has 2 aliphatic rings. The fourth-order valence-corrected chi connectivity index (χ4v) is 3.87. The molecule has 26 heavy (non-hydrogen) atoms. The first-order valence-corrected chi connectivity index (χ1v) is 9.36. The van der Waals surface area contributed by atoms with E-state index < -0.39 is 5.97 Å². The van der Waals surface area contributed by atoms with E-state index in [1.54, 1.807) is 0 Å². The summed E-state index contributed by atoms with van der Waals surface area (Å²) in [7, 11) is 0. The first-order valence-electron chi connectivity index (χ1n) is 9.36. The maximum atomic E-state index is 12.0. The van der Waals surface area contributed by atoms with Crippen LogP contribution in [0.5, 0.6) is 0 Å². The van der Waals surface area contributed by atoms with Crippen molar-refractivity contribution >= 4 is 11.9 Å². The Morgan fingerprint density at radius 3 is 2.92 bits per heavy atom. The van der Waals surface area contributed by atoms with E-state index in [2.05, 4.69) is 10.3 Å². The second-order valence-electron chi connectivity index (χ2n) is 6.95. The van der Waals surface area contributed by atoms with Crippen molar-refractivity contribution in [3.63, 3.8) is 0 Å². The quantitative estimate of drug-likeness (QED) is 0.655. The van der Waals surface area contributed by atoms with E-state index in [0.717, 1.165) is 25.7 Å². The third-order valence-electron chi connectivity index (χ3n) is 5.10. The minimum absolute atomic E-state index is 0.0469. The average Bonchev–Trinajstić information content (AvgIpc) is 3.34. The van der Waals surface area contributed by atoms with Gasteiger partial charge in [0.2, 0.25) is 5.89 Å². The van der Waals surface area contributed by atoms with Crippen LogP contribution in [0.4, 0.5) is 0 Å². The van der Waals surface area contributed by atoms with Crippen LogP contribution in [0, 0.1) is 5.92 Å². The lowest BCUT2D eigenvalue weighted by molar-refractivity contribution is -0.136. The molecule has 0 spiro atoms. The molecule has 0 saturated carbocycles. The van der Waals surface area contributed by atoms with Gasteiger partial charge in [-0.15, -0.1) is 0 Å². The molecule has 2 aliphatic heterocycles. The van der Waals surface area contributed by atoms with E-state index in [1.807, 2.05) is 19.1 Å². The Labute approximate surface area is 152 Å². The van der Waals surface area contributed by atoms with Gasteiger partial charge in [0, 0.05) is 18.9 Å². The van der Waals surface area contributed by atoms with Crippen molar-refractivity contribution in [1.29, 1.82) is 0 Å². The summed E-state index contributed by atoms with van der Waals surface area (Å²) in [6, 6.07) is 0. The topological polar surface area (TPSA) is 102 Å². The van der Waals surface area contributed by atoms with Crippen molar-refractivity contribution < 1.29 is 23.8 Å². The van der Waals surface area contributed by atoms with Gasteiger partial charge in [0.15, 0.2) is 5.69 Å². The van der Waals surface area contributed by atoms with Crippen LogP contribution >= 0.6 is 0 Å². The number of fused-ring (bicyclic) bond motifs is 2. The zero-order valence-corrected chi connectivity index (χ0v) is 15.0. The molecule has 4 atom stereocenters. The van der Waals surface area contributed by atoms with Crippen LogP contribution in [0.25, 0.3) is 0 Å². The first-order chi connectivity index (χ1) is 12.6. The van der Waals surface area contributed by atoms with Crippen LogP contribution in [0.3, 0.4) is 0 Å². The van der Waals surface area contributed by atoms with Crippen molar-refractivity contribution in [2.24, 2.45) is 5.92 Å². The highest BCUT2D eigenvalue weighted by atomic mass is 16.5. The molecule has 1 aromatic heterocycles. The molecule has 0 aromatic carbocycles. The summed E-state index contributed by atoms with van der Waals surface area (Å²) in [4.78, 5) is 27.0. The molecule has 2 bridgehead atoms. The highest BCUT2D eigenvalue weighted by Gasteiger charge is 2.51. The molecular formula is C19H26N2O5. The second kappa shape index (κ2) is 8.49. The fraction of sp³-hybridized carbons (Fsp3) is 0.632. The van der Waals surface area contributed by atoms with Crippen LogP contribution in [-0.2, 0) is 9.53 Å². The lowest BCUT2D eigenvalue weighted by Crippen LogP contribution is -2.26. The molecule has 3 rings (SSSR count). The first kappa shape index (κ1) is 18.6. The molecule has 3 heterocycles. The summed E-state index contributed by atoms with van der Waals surface area (Å²) in [6.07, 6.45) is 9.98. The molecule has 2 saturated heterocycles. The van der Waals surface area contributed by atoms with Gasteiger partial charge in [0.1, 0.15) is 6.26 Å². The number of carbonyl (C=O) groups is 2. The van der Waals surface area contributed by atoms with Crippen LogP contribution in [0.1, 0.15) is 67.7 Å². The van der Waals surface area contributed by atoms with E-state index in [4.69, 9.17) is 14.3 Å². The fourth-order valence-electron chi connectivity index (χ4n) is 3.87. The van der Waals surface area contributed by atoms with E-state index in [1.165, 1.54) is 6.26 Å². The minimum atomic E-state index is -0.788. The summed E-state index contributed by atoms with van der Waals surface area (Å²) in [5.41, 5.74) is 0.312. The number of amides is 1. The lowest BCUT2D eigenvalue weighted by atomic mass is 9.77. The third-order valence-corrected chi connectivity index (χ3v) is 5.10. The molecule has 7 nitrogen and oxygen atoms in total. The van der Waals surface area contributed by atoms with Gasteiger partial charge >= 0.3 is 5.97 Å². The predicted octanol–water partition coefficient (Wildman–Crippen LogP) is 2.89. The number of rotatable bonds is 9. The van der Waals surface area contributed by atoms with Crippen molar-refractivity contribution in [3.05, 3.63) is 30.0 Å². The van der Waals surface area contributed by atoms with Crippen molar-refractivity contribution in [2.75, 3.05) is 6.54 Å². The molecule has 1 amide bonds. The molecule has 1 aromatic rings. The Morgan fingerprint density at radius 1 is 1.35 bits per heavy atom. The largest absolute Gasteiger partial charge is 0.481 e. The molecule has 7 heteroatoms. The highest BCUT2D eigenvalue weighted by molar-refractivity contribution is 5.91. The van der Waals surface area contributed by atoms with Gasteiger partial charge in [0.05, 0.1) is 18.1 Å². The van der Waals surface area contributed by atoms with Gasteiger partial charge in [-0.3, -0.25) is 9.59 Å². The Morgan fingerprint density at radius 2 is 2.15 bits per heavy atom. The SMILES string of the molecule is CCCNC(=O)c1coc(C2C3CCC(O3)C2C/C=C\CCC(=O)O)n1. The van der Waals surface area contributed by atoms with Crippen LogP contribution in [-0.4, -0.2) is 40.7 Å². The number of aliphatic carboxylic acids is 1. The van der Waals surface area contributed by atoms with Gasteiger partial charge in [-0.2, -0.15) is 0 Å². The van der Waals surface area contributed by atoms with Crippen molar-refractivity contribution in [3.8, 4) is 0 Å². The molecule has 2 fully saturated rings. The van der Waals surface area contributed by atoms with E-state index >= 15 is 0 Å². The maximum Gasteiger partial charge on any atom is 0.303 e. The van der Waals surface area contributed by atoms with Gasteiger partial charge in [0.25, 0.3) is 5.91 Å². The third kappa shape index (κ3) is 4.15. The molecular weight excluding hydrogens is 336 g/mol. The minimum Gasteiger partial charge on any atom is -0.481 e. The molecule has 0 aliphatic carbocycles. The molecule has 142 valence electrons. The summed E-state index contributed by atoms with van der Waals surface area (Å²) >= 11 is 0. The van der Waals surface area contributed by atoms with E-state index in [-0.39, 0.29) is 36.4 Å². The summed E-state index contributed by atoms with van der Waals surface area (Å²) < 4.78 is 11.7. The van der Waals surface area contributed by atoms with E-state index in [0.29, 0.717) is 24.6 Å². The number of allylic oxidation sites excluding steroid dienone is 2. The number of oxazole rings is 1. The van der Waals surface area contributed by atoms with Crippen LogP contribution < -0.4 is 5.32 Å². The number of carbonyl (C=O) groups excluding carboxylic acids is 1. The Bertz CT molecular complexity index is 669. The Balaban J connectivity index is 1.64. The molecule has 4 unspecified atom stereocenters. The predicted molar refractivity (Wildman–Crippen MR) is 93.9 cm³/mol. The monoisotopic (exact) mass is 362 g/mol. The zero-order chi connectivity index (χ0) is 18.5. The van der Waals surface area contributed by atoms with Crippen LogP contribution in [0.15, 0.2) is 22.8 Å². The Kier molecular flexibility index (Phi) is 6.08. The Hall–Kier alpha value is -2.15. The van der Waals surface area contributed by atoms with E-state index in [9.17, 15) is 9.59 Å². The maximum absolute atomic E-state index is 12.0. The average molecular weight is 362 g/mol. The number of aromatic nitrogens is 1. The number of hydrogen-bond donors (Lipinski definition) is 2. The van der Waals surface area contributed by atoms with Gasteiger partial charge in [-0.05, 0) is 32.1 Å². The molecule has 2 N–H and O–H groups in total. The molecule has 0 radical (unpaired) electrons. The van der Waals surface area contributed by atoms with Gasteiger partial charge in [-0.25, -0.2) is 4.98 Å². The normalized spacial score (nSPS) is 27.3. The summed E-state index contributed by atoms with van der Waals surface area (Å²) in [6.45, 7) is 2.61. The van der Waals surface area contributed by atoms with Crippen LogP contribution in [0.2, 0.25) is 0 Å². The summed E-state index contributed by atoms with van der Waals surface area (Å²) in [5, 5.41) is 11.5. The van der Waals surface area contributed by atoms with Gasteiger partial charge in [-0.1, -0.05) is 19.1 Å². The number of hydrogen-bond acceptors (Lipinski definition) is 5. The number of carboxylic acid groups (broad SMARTS) is 1. The lowest BCUT2D eigenvalue weighted by Gasteiger charge is -2.24. The number of nitrogens with zero attached hydrogens (tertiary/aromatic N) is 1. The zero-order valence-electron chi connectivity index (χ0n) is 15.0. The van der Waals surface area contributed by atoms with Crippen molar-refractivity contribution in [1.82, 2.24) is 10.3 Å². The smallest absolute Gasteiger partial charge is 0.303 e. The number of carboxylic acids is 1. The standard InChI is InChI=1S/C19H26N2O5/c1-2-10-20-18(24)13-11-25-19(21-13)17-12(14-8-9-15(17)26-14)6-4-3-5-7-16(22)23/h3-4,11-12,14-15,17H,2,5-10H2,1H3,(H,20,24)(H,22,23)/b4-3-.